The van der Waals surface area contributed by atoms with Crippen LogP contribution < -0.4 is 0 Å². The van der Waals surface area contributed by atoms with E-state index < -0.39 is 8.80 Å². The fraction of sp³-hybridized carbons (Fsp3) is 1.00. The van der Waals surface area contributed by atoms with Gasteiger partial charge in [0.15, 0.2) is 0 Å². The van der Waals surface area contributed by atoms with Crippen LogP contribution in [0.3, 0.4) is 0 Å². The van der Waals surface area contributed by atoms with Gasteiger partial charge in [-0.25, -0.2) is 0 Å². The van der Waals surface area contributed by atoms with Crippen LogP contribution in [-0.4, -0.2) is 36.4 Å². The van der Waals surface area contributed by atoms with Crippen LogP contribution in [0, 0.1) is 0 Å². The average molecular weight is 292 g/mol. The highest BCUT2D eigenvalue weighted by Crippen LogP contribution is 2.15. The van der Waals surface area contributed by atoms with Crippen LogP contribution in [0.4, 0.5) is 0 Å². The highest BCUT2D eigenvalue weighted by Gasteiger charge is 2.37. The highest BCUT2D eigenvalue weighted by molar-refractivity contribution is 6.60. The van der Waals surface area contributed by atoms with E-state index in [0.29, 0.717) is 0 Å². The molecule has 0 aromatic rings. The largest absolute Gasteiger partial charge is 0.502 e. The van der Waals surface area contributed by atoms with Gasteiger partial charge in [0.2, 0.25) is 0 Å². The van der Waals surface area contributed by atoms with Gasteiger partial charge < -0.3 is 18.0 Å². The molecule has 0 N–H and O–H groups in total. The van der Waals surface area contributed by atoms with E-state index in [1.165, 1.54) is 32.1 Å². The summed E-state index contributed by atoms with van der Waals surface area (Å²) in [5.74, 6) is 0. The second-order valence-electron chi connectivity index (χ2n) is 4.78. The Morgan fingerprint density at radius 2 is 1.42 bits per heavy atom. The first-order valence-corrected chi connectivity index (χ1v) is 9.49. The van der Waals surface area contributed by atoms with Crippen molar-refractivity contribution in [1.82, 2.24) is 0 Å². The van der Waals surface area contributed by atoms with E-state index >= 15 is 0 Å². The minimum absolute atomic E-state index is 0.281. The molecule has 19 heavy (non-hydrogen) atoms. The van der Waals surface area contributed by atoms with Crippen molar-refractivity contribution in [3.8, 4) is 0 Å². The van der Waals surface area contributed by atoms with Gasteiger partial charge in [-0.3, -0.25) is 0 Å². The zero-order valence-corrected chi connectivity index (χ0v) is 14.2. The molecule has 0 aliphatic carbocycles. The molecule has 0 saturated heterocycles. The summed E-state index contributed by atoms with van der Waals surface area (Å²) in [6.07, 6.45) is 8.63. The zero-order valence-electron chi connectivity index (χ0n) is 13.2. The van der Waals surface area contributed by atoms with E-state index in [9.17, 15) is 0 Å². The third-order valence-electron chi connectivity index (χ3n) is 3.18. The second kappa shape index (κ2) is 13.1. The number of unbranched alkanes of at least 4 members (excludes halogenated alkanes) is 5. The van der Waals surface area contributed by atoms with E-state index in [1.807, 2.05) is 0 Å². The van der Waals surface area contributed by atoms with Crippen LogP contribution in [-0.2, 0) is 18.0 Å². The molecule has 0 rings (SSSR count). The van der Waals surface area contributed by atoms with Crippen molar-refractivity contribution in [2.24, 2.45) is 0 Å². The fourth-order valence-electron chi connectivity index (χ4n) is 1.96. The van der Waals surface area contributed by atoms with Gasteiger partial charge in [-0.05, 0) is 6.42 Å². The molecule has 0 heterocycles. The van der Waals surface area contributed by atoms with Crippen LogP contribution in [0.2, 0.25) is 6.04 Å². The van der Waals surface area contributed by atoms with Gasteiger partial charge >= 0.3 is 8.80 Å². The van der Waals surface area contributed by atoms with Crippen molar-refractivity contribution in [3.63, 3.8) is 0 Å². The third-order valence-corrected chi connectivity index (χ3v) is 6.10. The summed E-state index contributed by atoms with van der Waals surface area (Å²) in [6, 6.07) is 0.834. The lowest BCUT2D eigenvalue weighted by atomic mass is 10.1. The summed E-state index contributed by atoms with van der Waals surface area (Å²) in [5.41, 5.74) is 0. The molecule has 5 heteroatoms. The number of hydrogen-bond acceptors (Lipinski definition) is 4. The van der Waals surface area contributed by atoms with Gasteiger partial charge in [0.05, 0.1) is 0 Å². The molecule has 116 valence electrons. The Balaban J connectivity index is 3.50. The first-order valence-electron chi connectivity index (χ1n) is 7.56. The number of rotatable bonds is 14. The van der Waals surface area contributed by atoms with Gasteiger partial charge in [-0.1, -0.05) is 52.4 Å². The van der Waals surface area contributed by atoms with Crippen LogP contribution in [0.15, 0.2) is 0 Å². The minimum atomic E-state index is -2.45. The molecular weight excluding hydrogens is 260 g/mol. The molecule has 0 fully saturated rings. The fourth-order valence-corrected chi connectivity index (χ4v) is 3.79. The van der Waals surface area contributed by atoms with Crippen LogP contribution in [0.1, 0.15) is 58.8 Å². The Hall–Kier alpha value is 0.0569. The Bertz CT molecular complexity index is 186. The molecule has 0 atom stereocenters. The molecule has 0 aliphatic heterocycles. The summed E-state index contributed by atoms with van der Waals surface area (Å²) >= 11 is 0. The molecule has 0 saturated carbocycles. The third kappa shape index (κ3) is 9.57. The molecule has 0 aromatic carbocycles. The van der Waals surface area contributed by atoms with E-state index in [2.05, 4.69) is 13.8 Å². The summed E-state index contributed by atoms with van der Waals surface area (Å²) in [5, 5.41) is 0. The van der Waals surface area contributed by atoms with Crippen molar-refractivity contribution >= 4 is 8.80 Å². The highest BCUT2D eigenvalue weighted by atomic mass is 28.4. The molecule has 0 unspecified atom stereocenters. The second-order valence-corrected chi connectivity index (χ2v) is 7.75. The molecule has 0 aromatic heterocycles. The molecule has 0 bridgehead atoms. The molecule has 0 spiro atoms. The maximum Gasteiger partial charge on any atom is 0.502 e. The Morgan fingerprint density at radius 1 is 0.789 bits per heavy atom. The van der Waals surface area contributed by atoms with E-state index in [0.717, 1.165) is 25.5 Å². The quantitative estimate of drug-likeness (QED) is 0.276. The van der Waals surface area contributed by atoms with Crippen LogP contribution >= 0.6 is 0 Å². The number of ether oxygens (including phenoxy) is 1. The van der Waals surface area contributed by atoms with Gasteiger partial charge in [0.25, 0.3) is 0 Å². The predicted molar refractivity (Wildman–Crippen MR) is 80.2 cm³/mol. The lowest BCUT2D eigenvalue weighted by Gasteiger charge is -2.25. The lowest BCUT2D eigenvalue weighted by Crippen LogP contribution is -2.44. The van der Waals surface area contributed by atoms with Crippen molar-refractivity contribution in [1.29, 1.82) is 0 Å². The first-order chi connectivity index (χ1) is 9.24. The van der Waals surface area contributed by atoms with Crippen LogP contribution in [0.25, 0.3) is 0 Å². The van der Waals surface area contributed by atoms with E-state index in [-0.39, 0.29) is 6.79 Å². The average Bonchev–Trinajstić information content (AvgIpc) is 2.44. The van der Waals surface area contributed by atoms with Gasteiger partial charge in [0.1, 0.15) is 6.79 Å². The topological polar surface area (TPSA) is 36.9 Å². The van der Waals surface area contributed by atoms with E-state index in [4.69, 9.17) is 18.0 Å². The van der Waals surface area contributed by atoms with Crippen molar-refractivity contribution in [2.75, 3.05) is 27.6 Å². The van der Waals surface area contributed by atoms with Crippen molar-refractivity contribution in [3.05, 3.63) is 0 Å². The Kier molecular flexibility index (Phi) is 13.1. The van der Waals surface area contributed by atoms with Gasteiger partial charge in [-0.2, -0.15) is 0 Å². The summed E-state index contributed by atoms with van der Waals surface area (Å²) in [4.78, 5) is 0. The monoisotopic (exact) mass is 292 g/mol. The van der Waals surface area contributed by atoms with Gasteiger partial charge in [-0.15, -0.1) is 0 Å². The SMILES string of the molecule is CCCCCCCCOCO[Si](CCC)(OC)OC. The Morgan fingerprint density at radius 3 is 2.00 bits per heavy atom. The molecule has 0 amide bonds. The molecular formula is C14H32O4Si. The summed E-state index contributed by atoms with van der Waals surface area (Å²) in [7, 11) is 0.849. The van der Waals surface area contributed by atoms with E-state index in [1.54, 1.807) is 14.2 Å². The first kappa shape index (κ1) is 19.1. The normalized spacial score (nSPS) is 12.0. The zero-order chi connectivity index (χ0) is 14.4. The summed E-state index contributed by atoms with van der Waals surface area (Å²) < 4.78 is 22.0. The smallest absolute Gasteiger partial charge is 0.377 e. The minimum Gasteiger partial charge on any atom is -0.377 e. The summed E-state index contributed by atoms with van der Waals surface area (Å²) in [6.45, 7) is 5.37. The van der Waals surface area contributed by atoms with Crippen LogP contribution in [0.5, 0.6) is 0 Å². The maximum absolute atomic E-state index is 5.69. The number of hydrogen-bond donors (Lipinski definition) is 0. The predicted octanol–water partition coefficient (Wildman–Crippen LogP) is 3.98. The Labute approximate surface area is 120 Å². The molecule has 0 radical (unpaired) electrons. The van der Waals surface area contributed by atoms with Crippen molar-refractivity contribution in [2.45, 2.75) is 64.8 Å². The standard InChI is InChI=1S/C14H32O4Si/c1-5-7-8-9-10-11-12-17-14-18-19(15-3,16-4)13-6-2/h5-14H2,1-4H3. The lowest BCUT2D eigenvalue weighted by molar-refractivity contribution is -0.0339. The maximum atomic E-state index is 5.69. The molecule has 4 nitrogen and oxygen atoms in total. The van der Waals surface area contributed by atoms with Crippen molar-refractivity contribution < 1.29 is 18.0 Å². The van der Waals surface area contributed by atoms with Gasteiger partial charge in [0, 0.05) is 26.9 Å². The molecule has 0 aliphatic rings.